The molecule has 0 amide bonds. The summed E-state index contributed by atoms with van der Waals surface area (Å²) < 4.78 is 17.5. The molecule has 2 heterocycles. The molecule has 0 saturated heterocycles. The number of hydrogen-bond acceptors (Lipinski definition) is 7. The van der Waals surface area contributed by atoms with E-state index in [1.807, 2.05) is 24.3 Å². The molecule has 4 rings (SSSR count). The Labute approximate surface area is 177 Å². The van der Waals surface area contributed by atoms with E-state index < -0.39 is 5.97 Å². The molecule has 0 radical (unpaired) electrons. The number of aryl methyl sites for hydroxylation is 1. The average molecular weight is 418 g/mol. The summed E-state index contributed by atoms with van der Waals surface area (Å²) in [5.74, 6) is 0.548. The van der Waals surface area contributed by atoms with Gasteiger partial charge in [0.05, 0.1) is 29.5 Å². The lowest BCUT2D eigenvalue weighted by Crippen LogP contribution is -2.05. The number of aromatic nitrogens is 1. The smallest absolute Gasteiger partial charge is 0.342 e. The highest BCUT2D eigenvalue weighted by Gasteiger charge is 2.21. The molecule has 0 N–H and O–H groups in total. The molecular formula is C23H18N2O4S. The Hall–Kier alpha value is -3.63. The Morgan fingerprint density at radius 1 is 1.33 bits per heavy atom. The normalized spacial score (nSPS) is 11.6. The first-order valence-corrected chi connectivity index (χ1v) is 10.1. The maximum absolute atomic E-state index is 12.3. The quantitative estimate of drug-likeness (QED) is 0.310. The number of thiazole rings is 1. The van der Waals surface area contributed by atoms with Crippen LogP contribution in [0.4, 0.5) is 0 Å². The molecule has 0 atom stereocenters. The molecule has 0 unspecified atom stereocenters. The highest BCUT2D eigenvalue weighted by molar-refractivity contribution is 7.19. The van der Waals surface area contributed by atoms with Crippen molar-refractivity contribution in [1.82, 2.24) is 4.98 Å². The first-order chi connectivity index (χ1) is 14.5. The van der Waals surface area contributed by atoms with Crippen LogP contribution in [0.1, 0.15) is 33.6 Å². The zero-order valence-corrected chi connectivity index (χ0v) is 17.5. The monoisotopic (exact) mass is 418 g/mol. The molecule has 150 valence electrons. The Kier molecular flexibility index (Phi) is 5.25. The van der Waals surface area contributed by atoms with Gasteiger partial charge in [0.1, 0.15) is 33.7 Å². The average Bonchev–Trinajstić information content (AvgIpc) is 3.31. The minimum absolute atomic E-state index is 0.274. The summed E-state index contributed by atoms with van der Waals surface area (Å²) >= 11 is 1.45. The Morgan fingerprint density at radius 2 is 2.13 bits per heavy atom. The van der Waals surface area contributed by atoms with Gasteiger partial charge in [0.15, 0.2) is 0 Å². The van der Waals surface area contributed by atoms with E-state index in [4.69, 9.17) is 13.9 Å². The number of carbonyl (C=O) groups excluding carboxylic acids is 1. The number of nitrogens with zero attached hydrogens (tertiary/aromatic N) is 2. The zero-order valence-electron chi connectivity index (χ0n) is 16.7. The summed E-state index contributed by atoms with van der Waals surface area (Å²) in [5, 5.41) is 11.0. The van der Waals surface area contributed by atoms with Crippen LogP contribution in [0.3, 0.4) is 0 Å². The molecule has 0 bridgehead atoms. The van der Waals surface area contributed by atoms with Crippen molar-refractivity contribution < 1.29 is 18.7 Å². The summed E-state index contributed by atoms with van der Waals surface area (Å²) in [5.41, 5.74) is 2.83. The lowest BCUT2D eigenvalue weighted by molar-refractivity contribution is 0.0526. The van der Waals surface area contributed by atoms with Crippen molar-refractivity contribution in [2.75, 3.05) is 13.7 Å². The fourth-order valence-corrected chi connectivity index (χ4v) is 4.22. The molecule has 0 spiro atoms. The number of allylic oxidation sites excluding steroid dienone is 1. The fraction of sp³-hybridized carbons (Fsp3) is 0.174. The van der Waals surface area contributed by atoms with Crippen LogP contribution in [0, 0.1) is 18.3 Å². The number of methoxy groups -OCH3 is 1. The highest BCUT2D eigenvalue weighted by atomic mass is 32.1. The summed E-state index contributed by atoms with van der Waals surface area (Å²) in [4.78, 5) is 16.9. The van der Waals surface area contributed by atoms with Crippen LogP contribution in [0.5, 0.6) is 5.75 Å². The van der Waals surface area contributed by atoms with Gasteiger partial charge >= 0.3 is 5.97 Å². The maximum atomic E-state index is 12.3. The van der Waals surface area contributed by atoms with Gasteiger partial charge in [0.2, 0.25) is 0 Å². The van der Waals surface area contributed by atoms with Crippen molar-refractivity contribution in [2.24, 2.45) is 0 Å². The van der Waals surface area contributed by atoms with Crippen molar-refractivity contribution in [3.63, 3.8) is 0 Å². The van der Waals surface area contributed by atoms with Gasteiger partial charge < -0.3 is 13.9 Å². The summed E-state index contributed by atoms with van der Waals surface area (Å²) in [6.07, 6.45) is 1.72. The Bertz CT molecular complexity index is 1310. The SMILES string of the molecule is CCOC(=O)c1c(C)oc2cc(/C=C(\C#N)c3nc4ccccc4s3)c(OC)cc12. The molecule has 4 aromatic rings. The number of nitriles is 1. The second-order valence-electron chi connectivity index (χ2n) is 6.50. The van der Waals surface area contributed by atoms with E-state index in [1.54, 1.807) is 39.2 Å². The van der Waals surface area contributed by atoms with Crippen LogP contribution in [0.2, 0.25) is 0 Å². The highest BCUT2D eigenvalue weighted by Crippen LogP contribution is 2.35. The van der Waals surface area contributed by atoms with E-state index in [-0.39, 0.29) is 6.61 Å². The van der Waals surface area contributed by atoms with Gasteiger partial charge in [-0.1, -0.05) is 12.1 Å². The van der Waals surface area contributed by atoms with Gasteiger partial charge in [-0.15, -0.1) is 11.3 Å². The van der Waals surface area contributed by atoms with Crippen LogP contribution in [-0.2, 0) is 4.74 Å². The predicted molar refractivity (Wildman–Crippen MR) is 117 cm³/mol. The van der Waals surface area contributed by atoms with Crippen LogP contribution in [0.15, 0.2) is 40.8 Å². The topological polar surface area (TPSA) is 85.4 Å². The van der Waals surface area contributed by atoms with Crippen LogP contribution in [0.25, 0.3) is 32.8 Å². The third kappa shape index (κ3) is 3.42. The van der Waals surface area contributed by atoms with E-state index in [9.17, 15) is 10.1 Å². The maximum Gasteiger partial charge on any atom is 0.342 e. The first-order valence-electron chi connectivity index (χ1n) is 9.31. The van der Waals surface area contributed by atoms with Gasteiger partial charge in [-0.2, -0.15) is 5.26 Å². The largest absolute Gasteiger partial charge is 0.496 e. The van der Waals surface area contributed by atoms with Crippen molar-refractivity contribution in [2.45, 2.75) is 13.8 Å². The Balaban J connectivity index is 1.85. The molecule has 2 aromatic carbocycles. The molecule has 0 saturated carbocycles. The summed E-state index contributed by atoms with van der Waals surface area (Å²) in [6, 6.07) is 13.5. The van der Waals surface area contributed by atoms with E-state index >= 15 is 0 Å². The molecule has 6 nitrogen and oxygen atoms in total. The van der Waals surface area contributed by atoms with Gasteiger partial charge in [-0.25, -0.2) is 9.78 Å². The third-order valence-electron chi connectivity index (χ3n) is 4.64. The van der Waals surface area contributed by atoms with Gasteiger partial charge in [0, 0.05) is 10.9 Å². The molecule has 0 fully saturated rings. The van der Waals surface area contributed by atoms with Crippen molar-refractivity contribution >= 4 is 50.1 Å². The molecule has 0 aliphatic rings. The van der Waals surface area contributed by atoms with Crippen LogP contribution < -0.4 is 4.74 Å². The number of para-hydroxylation sites is 1. The number of fused-ring (bicyclic) bond motifs is 2. The minimum atomic E-state index is -0.439. The number of furan rings is 1. The molecule has 0 aliphatic carbocycles. The molecule has 30 heavy (non-hydrogen) atoms. The summed E-state index contributed by atoms with van der Waals surface area (Å²) in [7, 11) is 1.54. The second-order valence-corrected chi connectivity index (χ2v) is 7.53. The summed E-state index contributed by atoms with van der Waals surface area (Å²) in [6.45, 7) is 3.75. The minimum Gasteiger partial charge on any atom is -0.496 e. The lowest BCUT2D eigenvalue weighted by Gasteiger charge is -2.06. The number of esters is 1. The second kappa shape index (κ2) is 8.01. The lowest BCUT2D eigenvalue weighted by atomic mass is 10.1. The molecule has 7 heteroatoms. The first kappa shape index (κ1) is 19.7. The van der Waals surface area contributed by atoms with Crippen LogP contribution in [-0.4, -0.2) is 24.7 Å². The number of hydrogen-bond donors (Lipinski definition) is 0. The van der Waals surface area contributed by atoms with E-state index in [1.165, 1.54) is 11.3 Å². The van der Waals surface area contributed by atoms with E-state index in [2.05, 4.69) is 11.1 Å². The standard InChI is InChI=1S/C23H18N2O4S/c1-4-28-23(26)21-13(2)29-19-10-14(18(27-3)11-16(19)21)9-15(12-24)22-25-17-7-5-6-8-20(17)30-22/h5-11H,4H2,1-3H3/b15-9+. The van der Waals surface area contributed by atoms with Crippen molar-refractivity contribution in [1.29, 1.82) is 5.26 Å². The van der Waals surface area contributed by atoms with Gasteiger partial charge in [-0.05, 0) is 44.2 Å². The fourth-order valence-electron chi connectivity index (χ4n) is 3.29. The van der Waals surface area contributed by atoms with Crippen LogP contribution >= 0.6 is 11.3 Å². The Morgan fingerprint density at radius 3 is 2.83 bits per heavy atom. The number of carbonyl (C=O) groups is 1. The molecule has 2 aromatic heterocycles. The van der Waals surface area contributed by atoms with Crippen molar-refractivity contribution in [3.8, 4) is 11.8 Å². The van der Waals surface area contributed by atoms with E-state index in [0.29, 0.717) is 44.2 Å². The van der Waals surface area contributed by atoms with Gasteiger partial charge in [0.25, 0.3) is 0 Å². The number of benzene rings is 2. The number of rotatable bonds is 5. The number of ether oxygens (including phenoxy) is 2. The predicted octanol–water partition coefficient (Wildman–Crippen LogP) is 5.60. The van der Waals surface area contributed by atoms with Gasteiger partial charge in [-0.3, -0.25) is 0 Å². The molecule has 0 aliphatic heterocycles. The van der Waals surface area contributed by atoms with E-state index in [0.717, 1.165) is 10.2 Å². The third-order valence-corrected chi connectivity index (χ3v) is 5.71. The molecular weight excluding hydrogens is 400 g/mol. The van der Waals surface area contributed by atoms with Crippen molar-refractivity contribution in [3.05, 3.63) is 58.3 Å². The zero-order chi connectivity index (χ0) is 21.3.